The summed E-state index contributed by atoms with van der Waals surface area (Å²) in [7, 11) is -1.51. The third-order valence-corrected chi connectivity index (χ3v) is 7.18. The Kier molecular flexibility index (Phi) is 5.07. The Morgan fingerprint density at radius 3 is 0.933 bits per heavy atom. The van der Waals surface area contributed by atoms with Gasteiger partial charge in [0.05, 0.1) is 0 Å². The first-order valence-corrected chi connectivity index (χ1v) is 11.3. The van der Waals surface area contributed by atoms with Gasteiger partial charge < -0.3 is 4.89 Å². The Hall–Kier alpha value is -3.38. The normalized spacial score (nSPS) is 10.8. The van der Waals surface area contributed by atoms with Crippen molar-refractivity contribution in [2.45, 2.75) is 0 Å². The summed E-state index contributed by atoms with van der Waals surface area (Å²) in [5.41, 5.74) is 6.65. The number of rotatable bonds is 4. The van der Waals surface area contributed by atoms with Crippen molar-refractivity contribution in [3.63, 3.8) is 0 Å². The van der Waals surface area contributed by atoms with Crippen molar-refractivity contribution in [1.82, 2.24) is 0 Å². The molecule has 0 atom stereocenters. The first-order valence-electron chi connectivity index (χ1n) is 10.0. The van der Waals surface area contributed by atoms with Crippen LogP contribution in [0.5, 0.6) is 0 Å². The second kappa shape index (κ2) is 8.16. The maximum Gasteiger partial charge on any atom is 0.0358 e. The third kappa shape index (κ3) is 3.29. The topological polar surface area (TPSA) is 20.2 Å². The first-order chi connectivity index (χ1) is 14.8. The van der Waals surface area contributed by atoms with Gasteiger partial charge in [-0.05, 0) is 22.3 Å². The SMILES string of the molecule is Op1c(-c2ccccc2)c(-c2ccccc2)c(-c2ccccc2)c1-c1ccccc1. The molecule has 0 bridgehead atoms. The first kappa shape index (κ1) is 18.6. The Balaban J connectivity index is 1.95. The molecule has 0 unspecified atom stereocenters. The molecule has 30 heavy (non-hydrogen) atoms. The molecule has 0 aliphatic rings. The maximum atomic E-state index is 11.8. The van der Waals surface area contributed by atoms with Crippen LogP contribution in [0.2, 0.25) is 0 Å². The molecule has 0 aliphatic heterocycles. The molecule has 0 radical (unpaired) electrons. The van der Waals surface area contributed by atoms with Crippen molar-refractivity contribution in [3.05, 3.63) is 121 Å². The predicted molar refractivity (Wildman–Crippen MR) is 129 cm³/mol. The van der Waals surface area contributed by atoms with Crippen LogP contribution in [0.4, 0.5) is 0 Å². The van der Waals surface area contributed by atoms with Crippen LogP contribution < -0.4 is 0 Å². The van der Waals surface area contributed by atoms with Crippen LogP contribution in [0.1, 0.15) is 0 Å². The Morgan fingerprint density at radius 2 is 0.633 bits per heavy atom. The Morgan fingerprint density at radius 1 is 0.367 bits per heavy atom. The molecule has 1 nitrogen and oxygen atoms in total. The van der Waals surface area contributed by atoms with Crippen molar-refractivity contribution < 1.29 is 4.89 Å². The molecule has 0 amide bonds. The van der Waals surface area contributed by atoms with Crippen molar-refractivity contribution >= 4 is 7.76 Å². The van der Waals surface area contributed by atoms with E-state index in [1.807, 2.05) is 48.5 Å². The third-order valence-electron chi connectivity index (χ3n) is 5.37. The second-order valence-electron chi connectivity index (χ2n) is 7.22. The van der Waals surface area contributed by atoms with Gasteiger partial charge in [-0.25, -0.2) is 0 Å². The minimum absolute atomic E-state index is 1.02. The average molecular weight is 404 g/mol. The highest BCUT2D eigenvalue weighted by molar-refractivity contribution is 7.51. The van der Waals surface area contributed by atoms with Crippen LogP contribution in [-0.4, -0.2) is 4.89 Å². The summed E-state index contributed by atoms with van der Waals surface area (Å²) in [5, 5.41) is 2.05. The minimum atomic E-state index is -1.51. The Labute approximate surface area is 178 Å². The van der Waals surface area contributed by atoms with Gasteiger partial charge in [0, 0.05) is 29.5 Å². The molecule has 1 heterocycles. The van der Waals surface area contributed by atoms with Crippen LogP contribution in [0.25, 0.3) is 44.0 Å². The van der Waals surface area contributed by atoms with Crippen molar-refractivity contribution in [2.75, 3.05) is 0 Å². The number of hydrogen-bond donors (Lipinski definition) is 1. The van der Waals surface area contributed by atoms with Gasteiger partial charge in [-0.15, -0.1) is 0 Å². The van der Waals surface area contributed by atoms with Crippen LogP contribution in [0.3, 0.4) is 0 Å². The highest BCUT2D eigenvalue weighted by Gasteiger charge is 2.26. The standard InChI is InChI=1S/C28H21OP/c29-30-27(23-17-9-3-10-18-23)25(21-13-5-1-6-14-21)26(22-15-7-2-8-16-22)28(30)24-19-11-4-12-20-24/h1-20,29H. The molecule has 1 aromatic heterocycles. The zero-order valence-electron chi connectivity index (χ0n) is 16.4. The van der Waals surface area contributed by atoms with Gasteiger partial charge in [0.15, 0.2) is 0 Å². The maximum absolute atomic E-state index is 11.8. The lowest BCUT2D eigenvalue weighted by Crippen LogP contribution is -1.85. The monoisotopic (exact) mass is 404 g/mol. The molecule has 0 spiro atoms. The van der Waals surface area contributed by atoms with Crippen LogP contribution in [0.15, 0.2) is 121 Å². The van der Waals surface area contributed by atoms with E-state index in [2.05, 4.69) is 72.8 Å². The van der Waals surface area contributed by atoms with E-state index in [1.165, 1.54) is 0 Å². The number of benzene rings is 4. The zero-order valence-corrected chi connectivity index (χ0v) is 17.3. The van der Waals surface area contributed by atoms with E-state index < -0.39 is 7.76 Å². The fraction of sp³-hybridized carbons (Fsp3) is 0. The molecular weight excluding hydrogens is 383 g/mol. The fourth-order valence-corrected chi connectivity index (χ4v) is 5.97. The number of hydrogen-bond acceptors (Lipinski definition) is 1. The largest absolute Gasteiger partial charge is 0.346 e. The van der Waals surface area contributed by atoms with Gasteiger partial charge in [-0.3, -0.25) is 0 Å². The van der Waals surface area contributed by atoms with Crippen molar-refractivity contribution in [1.29, 1.82) is 0 Å². The van der Waals surface area contributed by atoms with Crippen molar-refractivity contribution in [2.24, 2.45) is 0 Å². The van der Waals surface area contributed by atoms with Gasteiger partial charge in [-0.2, -0.15) is 0 Å². The van der Waals surface area contributed by atoms with E-state index in [0.29, 0.717) is 0 Å². The molecule has 5 rings (SSSR count). The summed E-state index contributed by atoms with van der Waals surface area (Å²) >= 11 is 0. The quantitative estimate of drug-likeness (QED) is 0.321. The zero-order chi connectivity index (χ0) is 20.3. The van der Waals surface area contributed by atoms with E-state index in [4.69, 9.17) is 0 Å². The van der Waals surface area contributed by atoms with E-state index in [9.17, 15) is 4.89 Å². The highest BCUT2D eigenvalue weighted by atomic mass is 31.1. The fourth-order valence-electron chi connectivity index (χ4n) is 4.06. The summed E-state index contributed by atoms with van der Waals surface area (Å²) in [4.78, 5) is 11.8. The molecule has 0 aliphatic carbocycles. The molecule has 0 saturated carbocycles. The molecule has 144 valence electrons. The van der Waals surface area contributed by atoms with Gasteiger partial charge in [0.2, 0.25) is 0 Å². The molecular formula is C28H21OP. The summed E-state index contributed by atoms with van der Waals surface area (Å²) in [6.07, 6.45) is 0. The second-order valence-corrected chi connectivity index (χ2v) is 8.74. The summed E-state index contributed by atoms with van der Waals surface area (Å²) in [6.45, 7) is 0. The summed E-state index contributed by atoms with van der Waals surface area (Å²) in [5.74, 6) is 0. The van der Waals surface area contributed by atoms with Crippen LogP contribution >= 0.6 is 7.76 Å². The van der Waals surface area contributed by atoms with E-state index in [0.717, 1.165) is 44.0 Å². The van der Waals surface area contributed by atoms with Crippen LogP contribution in [0, 0.1) is 0 Å². The van der Waals surface area contributed by atoms with Gasteiger partial charge in [0.1, 0.15) is 0 Å². The summed E-state index contributed by atoms with van der Waals surface area (Å²) < 4.78 is 0. The lowest BCUT2D eigenvalue weighted by atomic mass is 9.91. The Bertz CT molecular complexity index is 1160. The molecule has 0 fully saturated rings. The molecule has 2 heteroatoms. The lowest BCUT2D eigenvalue weighted by Gasteiger charge is -2.11. The minimum Gasteiger partial charge on any atom is -0.346 e. The van der Waals surface area contributed by atoms with E-state index in [-0.39, 0.29) is 0 Å². The van der Waals surface area contributed by atoms with Crippen LogP contribution in [-0.2, 0) is 0 Å². The predicted octanol–water partition coefficient (Wildman–Crippen LogP) is 8.10. The molecule has 0 saturated heterocycles. The van der Waals surface area contributed by atoms with Gasteiger partial charge >= 0.3 is 0 Å². The van der Waals surface area contributed by atoms with Crippen molar-refractivity contribution in [3.8, 4) is 44.0 Å². The highest BCUT2D eigenvalue weighted by Crippen LogP contribution is 2.60. The van der Waals surface area contributed by atoms with E-state index in [1.54, 1.807) is 0 Å². The lowest BCUT2D eigenvalue weighted by molar-refractivity contribution is 0.651. The van der Waals surface area contributed by atoms with Gasteiger partial charge in [-0.1, -0.05) is 121 Å². The molecule has 4 aromatic carbocycles. The summed E-state index contributed by atoms with van der Waals surface area (Å²) in [6, 6.07) is 41.5. The molecule has 5 aromatic rings. The average Bonchev–Trinajstić information content (AvgIpc) is 3.14. The smallest absolute Gasteiger partial charge is 0.0358 e. The van der Waals surface area contributed by atoms with Gasteiger partial charge in [0.25, 0.3) is 0 Å². The molecule has 1 N–H and O–H groups in total. The van der Waals surface area contributed by atoms with E-state index >= 15 is 0 Å².